The molecule has 1 fully saturated rings. The highest BCUT2D eigenvalue weighted by atomic mass is 35.5. The predicted octanol–water partition coefficient (Wildman–Crippen LogP) is 3.23. The molecule has 0 unspecified atom stereocenters. The molecule has 1 saturated heterocycles. The van der Waals surface area contributed by atoms with E-state index in [2.05, 4.69) is 4.74 Å². The molecular formula is C21H20ClNO6. The molecule has 0 aliphatic carbocycles. The van der Waals surface area contributed by atoms with Gasteiger partial charge in [-0.05, 0) is 35.9 Å². The molecule has 1 aliphatic rings. The number of esters is 2. The summed E-state index contributed by atoms with van der Waals surface area (Å²) in [6.45, 7) is 0.237. The van der Waals surface area contributed by atoms with Crippen molar-refractivity contribution < 1.29 is 28.6 Å². The third kappa shape index (κ3) is 4.68. The fourth-order valence-corrected chi connectivity index (χ4v) is 3.27. The molecular weight excluding hydrogens is 398 g/mol. The van der Waals surface area contributed by atoms with E-state index in [0.717, 1.165) is 5.56 Å². The Hall–Kier alpha value is -3.06. The van der Waals surface area contributed by atoms with Gasteiger partial charge in [-0.1, -0.05) is 23.7 Å². The van der Waals surface area contributed by atoms with Crippen molar-refractivity contribution in [1.29, 1.82) is 0 Å². The number of halogens is 1. The van der Waals surface area contributed by atoms with Crippen molar-refractivity contribution in [3.05, 3.63) is 58.6 Å². The molecule has 0 saturated carbocycles. The van der Waals surface area contributed by atoms with Gasteiger partial charge in [0.2, 0.25) is 5.91 Å². The Balaban J connectivity index is 1.62. The number of nitrogens with zero attached hydrogens (tertiary/aromatic N) is 1. The van der Waals surface area contributed by atoms with E-state index in [-0.39, 0.29) is 25.5 Å². The summed E-state index contributed by atoms with van der Waals surface area (Å²) in [5.41, 5.74) is 1.66. The van der Waals surface area contributed by atoms with Crippen LogP contribution < -0.4 is 9.64 Å². The summed E-state index contributed by atoms with van der Waals surface area (Å²) in [6.07, 6.45) is 0.0514. The summed E-state index contributed by atoms with van der Waals surface area (Å²) in [7, 11) is 2.81. The van der Waals surface area contributed by atoms with Crippen LogP contribution in [-0.2, 0) is 25.7 Å². The van der Waals surface area contributed by atoms with Crippen molar-refractivity contribution in [3.63, 3.8) is 0 Å². The largest absolute Gasteiger partial charge is 0.495 e. The van der Waals surface area contributed by atoms with Crippen LogP contribution in [0.2, 0.25) is 5.02 Å². The Morgan fingerprint density at radius 3 is 2.52 bits per heavy atom. The van der Waals surface area contributed by atoms with E-state index in [4.69, 9.17) is 21.1 Å². The van der Waals surface area contributed by atoms with Gasteiger partial charge in [0.05, 0.1) is 31.4 Å². The first-order chi connectivity index (χ1) is 13.9. The van der Waals surface area contributed by atoms with Gasteiger partial charge in [0.1, 0.15) is 12.4 Å². The zero-order chi connectivity index (χ0) is 21.0. The molecule has 0 N–H and O–H groups in total. The molecule has 8 heteroatoms. The summed E-state index contributed by atoms with van der Waals surface area (Å²) < 4.78 is 15.3. The second-order valence-corrected chi connectivity index (χ2v) is 6.95. The maximum atomic E-state index is 12.5. The van der Waals surface area contributed by atoms with Crippen LogP contribution in [0, 0.1) is 5.92 Å². The molecule has 3 rings (SSSR count). The normalized spacial score (nSPS) is 15.9. The van der Waals surface area contributed by atoms with Crippen molar-refractivity contribution in [3.8, 4) is 5.75 Å². The molecule has 1 atom stereocenters. The van der Waals surface area contributed by atoms with Gasteiger partial charge in [-0.3, -0.25) is 9.59 Å². The maximum Gasteiger partial charge on any atom is 0.337 e. The second kappa shape index (κ2) is 8.96. The summed E-state index contributed by atoms with van der Waals surface area (Å²) in [6, 6.07) is 11.5. The van der Waals surface area contributed by atoms with Crippen molar-refractivity contribution in [2.75, 3.05) is 25.7 Å². The zero-order valence-electron chi connectivity index (χ0n) is 16.0. The summed E-state index contributed by atoms with van der Waals surface area (Å²) in [5, 5.41) is 0.468. The summed E-state index contributed by atoms with van der Waals surface area (Å²) in [4.78, 5) is 37.8. The standard InChI is InChI=1S/C21H20ClNO6/c1-27-18-8-7-16(22)10-17(18)23-11-15(9-19(23)24)21(26)29-12-13-3-5-14(6-4-13)20(25)28-2/h3-8,10,15H,9,11-12H2,1-2H3/t15-/m1/s1. The van der Waals surface area contributed by atoms with E-state index in [0.29, 0.717) is 22.0 Å². The minimum atomic E-state index is -0.583. The van der Waals surface area contributed by atoms with Crippen LogP contribution in [0.15, 0.2) is 42.5 Å². The molecule has 0 aromatic heterocycles. The van der Waals surface area contributed by atoms with E-state index >= 15 is 0 Å². The maximum absolute atomic E-state index is 12.5. The minimum absolute atomic E-state index is 0.0471. The van der Waals surface area contributed by atoms with E-state index in [1.165, 1.54) is 19.1 Å². The lowest BCUT2D eigenvalue weighted by atomic mass is 10.1. The molecule has 152 valence electrons. The number of carbonyl (C=O) groups is 3. The number of hydrogen-bond acceptors (Lipinski definition) is 6. The number of anilines is 1. The highest BCUT2D eigenvalue weighted by Crippen LogP contribution is 2.35. The Morgan fingerprint density at radius 2 is 1.86 bits per heavy atom. The van der Waals surface area contributed by atoms with Crippen molar-refractivity contribution in [2.45, 2.75) is 13.0 Å². The number of benzene rings is 2. The van der Waals surface area contributed by atoms with E-state index < -0.39 is 17.9 Å². The number of methoxy groups -OCH3 is 2. The Morgan fingerprint density at radius 1 is 1.14 bits per heavy atom. The van der Waals surface area contributed by atoms with E-state index in [9.17, 15) is 14.4 Å². The quantitative estimate of drug-likeness (QED) is 0.671. The molecule has 0 spiro atoms. The average molecular weight is 418 g/mol. The fraction of sp³-hybridized carbons (Fsp3) is 0.286. The second-order valence-electron chi connectivity index (χ2n) is 6.52. The van der Waals surface area contributed by atoms with Crippen LogP contribution >= 0.6 is 11.6 Å². The number of ether oxygens (including phenoxy) is 3. The van der Waals surface area contributed by atoms with Crippen LogP contribution in [0.1, 0.15) is 22.3 Å². The van der Waals surface area contributed by atoms with Gasteiger partial charge in [-0.25, -0.2) is 4.79 Å². The van der Waals surface area contributed by atoms with Crippen LogP contribution in [0.3, 0.4) is 0 Å². The molecule has 1 amide bonds. The fourth-order valence-electron chi connectivity index (χ4n) is 3.10. The molecule has 7 nitrogen and oxygen atoms in total. The number of rotatable bonds is 6. The highest BCUT2D eigenvalue weighted by Gasteiger charge is 2.37. The van der Waals surface area contributed by atoms with Crippen molar-refractivity contribution in [2.24, 2.45) is 5.92 Å². The van der Waals surface area contributed by atoms with Gasteiger partial charge in [0.25, 0.3) is 0 Å². The SMILES string of the molecule is COC(=O)c1ccc(COC(=O)[C@@H]2CC(=O)N(c3cc(Cl)ccc3OC)C2)cc1. The Labute approximate surface area is 173 Å². The van der Waals surface area contributed by atoms with Gasteiger partial charge in [0.15, 0.2) is 0 Å². The Bertz CT molecular complexity index is 927. The first-order valence-electron chi connectivity index (χ1n) is 8.90. The van der Waals surface area contributed by atoms with Gasteiger partial charge in [-0.15, -0.1) is 0 Å². The third-order valence-corrected chi connectivity index (χ3v) is 4.88. The lowest BCUT2D eigenvalue weighted by Gasteiger charge is -2.19. The number of hydrogen-bond donors (Lipinski definition) is 0. The predicted molar refractivity (Wildman–Crippen MR) is 106 cm³/mol. The lowest BCUT2D eigenvalue weighted by Crippen LogP contribution is -2.26. The average Bonchev–Trinajstić information content (AvgIpc) is 3.13. The van der Waals surface area contributed by atoms with Gasteiger partial charge < -0.3 is 19.1 Å². The number of carbonyl (C=O) groups excluding carboxylic acids is 3. The molecule has 1 heterocycles. The van der Waals surface area contributed by atoms with Crippen LogP contribution in [0.5, 0.6) is 5.75 Å². The highest BCUT2D eigenvalue weighted by molar-refractivity contribution is 6.31. The molecule has 1 aliphatic heterocycles. The van der Waals surface area contributed by atoms with Crippen LogP contribution in [0.25, 0.3) is 0 Å². The zero-order valence-corrected chi connectivity index (χ0v) is 16.8. The smallest absolute Gasteiger partial charge is 0.337 e. The van der Waals surface area contributed by atoms with E-state index in [1.54, 1.807) is 42.5 Å². The number of amides is 1. The molecule has 29 heavy (non-hydrogen) atoms. The van der Waals surface area contributed by atoms with Gasteiger partial charge >= 0.3 is 11.9 Å². The van der Waals surface area contributed by atoms with E-state index in [1.807, 2.05) is 0 Å². The monoisotopic (exact) mass is 417 g/mol. The molecule has 0 radical (unpaired) electrons. The van der Waals surface area contributed by atoms with Crippen molar-refractivity contribution in [1.82, 2.24) is 0 Å². The van der Waals surface area contributed by atoms with Crippen LogP contribution in [0.4, 0.5) is 5.69 Å². The minimum Gasteiger partial charge on any atom is -0.495 e. The third-order valence-electron chi connectivity index (χ3n) is 4.65. The molecule has 0 bridgehead atoms. The molecule has 2 aromatic carbocycles. The molecule has 2 aromatic rings. The van der Waals surface area contributed by atoms with Gasteiger partial charge in [0, 0.05) is 18.0 Å². The van der Waals surface area contributed by atoms with Crippen LogP contribution in [-0.4, -0.2) is 38.6 Å². The summed E-state index contributed by atoms with van der Waals surface area (Å²) >= 11 is 6.04. The first-order valence-corrected chi connectivity index (χ1v) is 9.28. The van der Waals surface area contributed by atoms with Gasteiger partial charge in [-0.2, -0.15) is 0 Å². The lowest BCUT2D eigenvalue weighted by molar-refractivity contribution is -0.149. The Kier molecular flexibility index (Phi) is 6.39. The topological polar surface area (TPSA) is 82.1 Å². The first kappa shape index (κ1) is 20.7. The summed E-state index contributed by atoms with van der Waals surface area (Å²) in [5.74, 6) is -1.17. The van der Waals surface area contributed by atoms with Crippen molar-refractivity contribution >= 4 is 35.1 Å².